The molecule has 1 fully saturated rings. The molecule has 1 saturated carbocycles. The number of hydrogen-bond donors (Lipinski definition) is 0. The fourth-order valence-corrected chi connectivity index (χ4v) is 12.5. The van der Waals surface area contributed by atoms with Crippen LogP contribution in [0.4, 0.5) is 45.5 Å². The van der Waals surface area contributed by atoms with Gasteiger partial charge in [0.05, 0.1) is 11.2 Å². The molecule has 3 nitrogen and oxygen atoms in total. The summed E-state index contributed by atoms with van der Waals surface area (Å²) in [6.45, 7) is 5.18. The number of thiophene rings is 1. The maximum absolute atomic E-state index is 2.68. The van der Waals surface area contributed by atoms with E-state index >= 15 is 0 Å². The first-order chi connectivity index (χ1) is 28.0. The van der Waals surface area contributed by atoms with Crippen molar-refractivity contribution in [3.63, 3.8) is 0 Å². The Bertz CT molecular complexity index is 2870. The SMILES string of the molecule is CC12CCCCC1(C)N(c1ccccc1)c1ccc(-c3cc4c5c(c3)N(c3ccccc3)c3c(sc6ccccc36)B5c3ccccc3N4c3ccccc3)cc12. The van der Waals surface area contributed by atoms with Gasteiger partial charge in [-0.3, -0.25) is 0 Å². The molecule has 0 spiro atoms. The van der Waals surface area contributed by atoms with Crippen LogP contribution in [0.5, 0.6) is 0 Å². The Morgan fingerprint density at radius 3 is 1.89 bits per heavy atom. The first-order valence-corrected chi connectivity index (χ1v) is 21.3. The summed E-state index contributed by atoms with van der Waals surface area (Å²) < 4.78 is 2.73. The zero-order valence-electron chi connectivity index (χ0n) is 32.3. The van der Waals surface area contributed by atoms with Crippen LogP contribution in [0.3, 0.4) is 0 Å². The van der Waals surface area contributed by atoms with E-state index in [-0.39, 0.29) is 17.7 Å². The predicted octanol–water partition coefficient (Wildman–Crippen LogP) is 12.4. The van der Waals surface area contributed by atoms with E-state index in [4.69, 9.17) is 0 Å². The normalized spacial score (nSPS) is 20.2. The van der Waals surface area contributed by atoms with Gasteiger partial charge in [0.2, 0.25) is 0 Å². The predicted molar refractivity (Wildman–Crippen MR) is 244 cm³/mol. The second kappa shape index (κ2) is 12.2. The monoisotopic (exact) mass is 751 g/mol. The van der Waals surface area contributed by atoms with Crippen LogP contribution in [0.2, 0.25) is 0 Å². The van der Waals surface area contributed by atoms with Crippen LogP contribution in [-0.4, -0.2) is 12.3 Å². The van der Waals surface area contributed by atoms with Crippen LogP contribution < -0.4 is 30.4 Å². The van der Waals surface area contributed by atoms with Gasteiger partial charge in [-0.25, -0.2) is 0 Å². The van der Waals surface area contributed by atoms with E-state index < -0.39 is 0 Å². The third-order valence-electron chi connectivity index (χ3n) is 14.0. The fraction of sp³-hybridized carbons (Fsp3) is 0.154. The average molecular weight is 752 g/mol. The second-order valence-electron chi connectivity index (χ2n) is 16.8. The largest absolute Gasteiger partial charge is 0.334 e. The first kappa shape index (κ1) is 33.1. The minimum Gasteiger partial charge on any atom is -0.334 e. The van der Waals surface area contributed by atoms with Crippen LogP contribution in [0, 0.1) is 0 Å². The van der Waals surface area contributed by atoms with Crippen molar-refractivity contribution >= 4 is 89.3 Å². The summed E-state index contributed by atoms with van der Waals surface area (Å²) in [5, 5.41) is 1.31. The Labute approximate surface area is 339 Å². The molecule has 274 valence electrons. The van der Waals surface area contributed by atoms with Crippen molar-refractivity contribution < 1.29 is 0 Å². The van der Waals surface area contributed by atoms with Crippen LogP contribution in [-0.2, 0) is 5.41 Å². The summed E-state index contributed by atoms with van der Waals surface area (Å²) in [5.74, 6) is 0. The van der Waals surface area contributed by atoms with Crippen molar-refractivity contribution in [2.45, 2.75) is 50.5 Å². The summed E-state index contributed by atoms with van der Waals surface area (Å²) >= 11 is 1.95. The molecule has 3 aliphatic heterocycles. The molecule has 5 heteroatoms. The molecular weight excluding hydrogens is 709 g/mol. The summed E-state index contributed by atoms with van der Waals surface area (Å²) in [7, 11) is 0. The molecule has 12 rings (SSSR count). The second-order valence-corrected chi connectivity index (χ2v) is 17.9. The highest BCUT2D eigenvalue weighted by molar-refractivity contribution is 7.33. The Balaban J connectivity index is 1.15. The van der Waals surface area contributed by atoms with E-state index in [1.165, 1.54) is 114 Å². The van der Waals surface area contributed by atoms with Gasteiger partial charge in [-0.05, 0) is 120 Å². The van der Waals surface area contributed by atoms with E-state index in [0.29, 0.717) is 0 Å². The van der Waals surface area contributed by atoms with E-state index in [0.717, 1.165) is 0 Å². The van der Waals surface area contributed by atoms with Crippen molar-refractivity contribution in [2.24, 2.45) is 0 Å². The number of para-hydroxylation sites is 4. The fourth-order valence-electron chi connectivity index (χ4n) is 11.1. The van der Waals surface area contributed by atoms with Crippen molar-refractivity contribution in [1.29, 1.82) is 0 Å². The van der Waals surface area contributed by atoms with Crippen molar-refractivity contribution in [3.8, 4) is 11.1 Å². The lowest BCUT2D eigenvalue weighted by atomic mass is 9.36. The molecule has 2 atom stereocenters. The lowest BCUT2D eigenvalue weighted by Gasteiger charge is -2.50. The number of hydrogen-bond acceptors (Lipinski definition) is 4. The van der Waals surface area contributed by atoms with Gasteiger partial charge in [0, 0.05) is 60.1 Å². The lowest BCUT2D eigenvalue weighted by Crippen LogP contribution is -2.60. The van der Waals surface area contributed by atoms with Gasteiger partial charge < -0.3 is 14.7 Å². The van der Waals surface area contributed by atoms with Crippen molar-refractivity contribution in [3.05, 3.63) is 175 Å². The highest BCUT2D eigenvalue weighted by Crippen LogP contribution is 2.61. The highest BCUT2D eigenvalue weighted by Gasteiger charge is 2.57. The zero-order valence-corrected chi connectivity index (χ0v) is 33.1. The van der Waals surface area contributed by atoms with Gasteiger partial charge in [0.15, 0.2) is 0 Å². The van der Waals surface area contributed by atoms with Crippen molar-refractivity contribution in [1.82, 2.24) is 0 Å². The first-order valence-electron chi connectivity index (χ1n) is 20.5. The summed E-state index contributed by atoms with van der Waals surface area (Å²) in [4.78, 5) is 7.79. The molecule has 0 amide bonds. The Morgan fingerprint density at radius 2 is 1.14 bits per heavy atom. The number of fused-ring (bicyclic) bond motifs is 9. The molecule has 1 aromatic heterocycles. The molecule has 7 aromatic carbocycles. The molecule has 0 N–H and O–H groups in total. The maximum Gasteiger partial charge on any atom is 0.264 e. The summed E-state index contributed by atoms with van der Waals surface area (Å²) in [6.07, 6.45) is 4.89. The molecule has 57 heavy (non-hydrogen) atoms. The minimum atomic E-state index is -0.00301. The topological polar surface area (TPSA) is 9.72 Å². The quantitative estimate of drug-likeness (QED) is 0.166. The Kier molecular flexibility index (Phi) is 7.11. The molecule has 0 saturated heterocycles. The highest BCUT2D eigenvalue weighted by atomic mass is 32.1. The van der Waals surface area contributed by atoms with Gasteiger partial charge in [-0.2, -0.15) is 0 Å². The lowest BCUT2D eigenvalue weighted by molar-refractivity contribution is 0.195. The molecule has 4 heterocycles. The number of anilines is 8. The van der Waals surface area contributed by atoms with Crippen LogP contribution in [0.1, 0.15) is 45.1 Å². The third kappa shape index (κ3) is 4.55. The molecule has 8 aromatic rings. The average Bonchev–Trinajstić information content (AvgIpc) is 3.74. The van der Waals surface area contributed by atoms with Crippen LogP contribution >= 0.6 is 11.3 Å². The Hall–Kier alpha value is -6.04. The van der Waals surface area contributed by atoms with E-state index in [1.807, 2.05) is 11.3 Å². The van der Waals surface area contributed by atoms with Crippen LogP contribution in [0.25, 0.3) is 21.2 Å². The molecule has 0 bridgehead atoms. The summed E-state index contributed by atoms with van der Waals surface area (Å²) in [6, 6.07) is 63.7. The van der Waals surface area contributed by atoms with E-state index in [9.17, 15) is 0 Å². The number of nitrogens with zero attached hydrogens (tertiary/aromatic N) is 3. The smallest absolute Gasteiger partial charge is 0.264 e. The summed E-state index contributed by atoms with van der Waals surface area (Å²) in [5.41, 5.74) is 16.8. The van der Waals surface area contributed by atoms with E-state index in [1.54, 1.807) is 0 Å². The molecule has 1 aliphatic carbocycles. The maximum atomic E-state index is 2.68. The third-order valence-corrected chi connectivity index (χ3v) is 15.2. The van der Waals surface area contributed by atoms with Gasteiger partial charge in [0.25, 0.3) is 6.71 Å². The molecule has 4 aliphatic rings. The van der Waals surface area contributed by atoms with E-state index in [2.05, 4.69) is 198 Å². The van der Waals surface area contributed by atoms with Gasteiger partial charge in [0.1, 0.15) is 0 Å². The zero-order chi connectivity index (χ0) is 37.9. The van der Waals surface area contributed by atoms with Gasteiger partial charge >= 0.3 is 0 Å². The molecular formula is C52H42BN3S. The Morgan fingerprint density at radius 1 is 0.526 bits per heavy atom. The number of benzene rings is 7. The number of rotatable bonds is 4. The van der Waals surface area contributed by atoms with Crippen LogP contribution in [0.15, 0.2) is 170 Å². The standard InChI is InChI=1S/C52H42BN3S/c1-51-30-16-17-31-52(51,2)56(39-22-10-5-11-23-39)43-29-28-35(32-41(43)51)36-33-45-48-46(34-36)55(38-20-8-4-9-21-38)49-40-24-12-15-27-47(40)57-50(49)53(48)42-25-13-14-26-44(42)54(45)37-18-6-3-7-19-37/h3-15,18-29,32-34H,16-17,30-31H2,1-2H3. The van der Waals surface area contributed by atoms with Gasteiger partial charge in [-0.1, -0.05) is 117 Å². The van der Waals surface area contributed by atoms with Crippen molar-refractivity contribution in [2.75, 3.05) is 14.7 Å². The molecule has 0 radical (unpaired) electrons. The molecule has 2 unspecified atom stereocenters. The minimum absolute atomic E-state index is 0.00301. The van der Waals surface area contributed by atoms with Gasteiger partial charge in [-0.15, -0.1) is 11.3 Å².